The van der Waals surface area contributed by atoms with Crippen LogP contribution in [0.3, 0.4) is 0 Å². The van der Waals surface area contributed by atoms with Gasteiger partial charge in [-0.3, -0.25) is 4.79 Å². The highest BCUT2D eigenvalue weighted by atomic mass is 79.9. The van der Waals surface area contributed by atoms with Gasteiger partial charge in [0.1, 0.15) is 5.82 Å². The van der Waals surface area contributed by atoms with Crippen molar-refractivity contribution in [1.82, 2.24) is 9.62 Å². The lowest BCUT2D eigenvalue weighted by atomic mass is 10.3. The smallest absolute Gasteiger partial charge is 0.244 e. The van der Waals surface area contributed by atoms with Gasteiger partial charge in [0.05, 0.1) is 11.4 Å². The van der Waals surface area contributed by atoms with Crippen LogP contribution < -0.4 is 5.32 Å². The number of nitrogens with zero attached hydrogens (tertiary/aromatic N) is 1. The van der Waals surface area contributed by atoms with Gasteiger partial charge in [-0.05, 0) is 34.1 Å². The van der Waals surface area contributed by atoms with Gasteiger partial charge in [0.2, 0.25) is 15.9 Å². The van der Waals surface area contributed by atoms with Crippen LogP contribution in [0.1, 0.15) is 0 Å². The molecule has 0 bridgehead atoms. The molecule has 0 saturated carbocycles. The van der Waals surface area contributed by atoms with Crippen molar-refractivity contribution in [3.63, 3.8) is 0 Å². The number of rotatable bonds is 2. The highest BCUT2D eigenvalue weighted by Gasteiger charge is 2.30. The van der Waals surface area contributed by atoms with E-state index in [9.17, 15) is 17.6 Å². The Kier molecular flexibility index (Phi) is 3.69. The molecule has 1 aliphatic heterocycles. The number of nitrogens with one attached hydrogen (secondary N) is 1. The van der Waals surface area contributed by atoms with E-state index in [1.54, 1.807) is 0 Å². The summed E-state index contributed by atoms with van der Waals surface area (Å²) in [6, 6.07) is 3.33. The predicted molar refractivity (Wildman–Crippen MR) is 65.9 cm³/mol. The SMILES string of the molecule is O=C1CN(S(=O)(=O)c2ccc(F)cc2Br)CCN1. The van der Waals surface area contributed by atoms with Crippen molar-refractivity contribution in [2.75, 3.05) is 19.6 Å². The number of amides is 1. The maximum Gasteiger partial charge on any atom is 0.244 e. The fraction of sp³-hybridized carbons (Fsp3) is 0.300. The molecule has 1 N–H and O–H groups in total. The van der Waals surface area contributed by atoms with E-state index in [4.69, 9.17) is 0 Å². The second-order valence-electron chi connectivity index (χ2n) is 3.76. The Bertz CT molecular complexity index is 591. The van der Waals surface area contributed by atoms with Crippen LogP contribution in [0.5, 0.6) is 0 Å². The first-order chi connectivity index (χ1) is 8.41. The summed E-state index contributed by atoms with van der Waals surface area (Å²) in [5, 5.41) is 2.54. The zero-order chi connectivity index (χ0) is 13.3. The topological polar surface area (TPSA) is 66.5 Å². The summed E-state index contributed by atoms with van der Waals surface area (Å²) in [7, 11) is -3.78. The van der Waals surface area contributed by atoms with Gasteiger partial charge in [0.25, 0.3) is 0 Å². The predicted octanol–water partition coefficient (Wildman–Crippen LogP) is 0.709. The molecule has 1 amide bonds. The molecule has 0 spiro atoms. The molecule has 2 rings (SSSR count). The number of piperazine rings is 1. The second kappa shape index (κ2) is 4.94. The summed E-state index contributed by atoms with van der Waals surface area (Å²) >= 11 is 3.02. The summed E-state index contributed by atoms with van der Waals surface area (Å²) in [6.45, 7) is 0.265. The van der Waals surface area contributed by atoms with E-state index < -0.39 is 15.8 Å². The van der Waals surface area contributed by atoms with Crippen molar-refractivity contribution in [2.24, 2.45) is 0 Å². The van der Waals surface area contributed by atoms with Crippen molar-refractivity contribution in [2.45, 2.75) is 4.90 Å². The van der Waals surface area contributed by atoms with E-state index in [0.29, 0.717) is 0 Å². The first-order valence-electron chi connectivity index (χ1n) is 5.13. The van der Waals surface area contributed by atoms with Crippen LogP contribution in [-0.2, 0) is 14.8 Å². The third kappa shape index (κ3) is 2.55. The van der Waals surface area contributed by atoms with Crippen LogP contribution in [0.2, 0.25) is 0 Å². The molecule has 8 heteroatoms. The lowest BCUT2D eigenvalue weighted by molar-refractivity contribution is -0.122. The number of hydrogen-bond acceptors (Lipinski definition) is 3. The molecule has 1 heterocycles. The lowest BCUT2D eigenvalue weighted by Crippen LogP contribution is -2.49. The monoisotopic (exact) mass is 336 g/mol. The minimum absolute atomic E-state index is 0.0430. The Balaban J connectivity index is 2.38. The number of carbonyl (C=O) groups excluding carboxylic acids is 1. The fourth-order valence-corrected chi connectivity index (χ4v) is 4.05. The number of hydrogen-bond donors (Lipinski definition) is 1. The third-order valence-electron chi connectivity index (χ3n) is 2.52. The fourth-order valence-electron chi connectivity index (χ4n) is 1.64. The van der Waals surface area contributed by atoms with Crippen LogP contribution >= 0.6 is 15.9 Å². The van der Waals surface area contributed by atoms with E-state index in [-0.39, 0.29) is 34.9 Å². The highest BCUT2D eigenvalue weighted by Crippen LogP contribution is 2.26. The highest BCUT2D eigenvalue weighted by molar-refractivity contribution is 9.10. The third-order valence-corrected chi connectivity index (χ3v) is 5.34. The Hall–Kier alpha value is -0.990. The van der Waals surface area contributed by atoms with Gasteiger partial charge in [0.15, 0.2) is 0 Å². The molecule has 1 aliphatic rings. The average Bonchev–Trinajstić information content (AvgIpc) is 2.28. The second-order valence-corrected chi connectivity index (χ2v) is 6.52. The molecule has 0 unspecified atom stereocenters. The van der Waals surface area contributed by atoms with Crippen LogP contribution in [0.15, 0.2) is 27.6 Å². The maximum absolute atomic E-state index is 12.9. The van der Waals surface area contributed by atoms with Gasteiger partial charge in [-0.1, -0.05) is 0 Å². The zero-order valence-electron chi connectivity index (χ0n) is 9.19. The first-order valence-corrected chi connectivity index (χ1v) is 7.36. The summed E-state index contributed by atoms with van der Waals surface area (Å²) in [4.78, 5) is 11.2. The van der Waals surface area contributed by atoms with Crippen molar-refractivity contribution >= 4 is 31.9 Å². The van der Waals surface area contributed by atoms with Crippen molar-refractivity contribution in [3.8, 4) is 0 Å². The van der Waals surface area contributed by atoms with Crippen molar-refractivity contribution in [3.05, 3.63) is 28.5 Å². The average molecular weight is 337 g/mol. The number of carbonyl (C=O) groups is 1. The number of sulfonamides is 1. The molecule has 98 valence electrons. The molecule has 1 aromatic carbocycles. The zero-order valence-corrected chi connectivity index (χ0v) is 11.6. The normalized spacial score (nSPS) is 17.6. The van der Waals surface area contributed by atoms with Gasteiger partial charge in [0, 0.05) is 17.6 Å². The van der Waals surface area contributed by atoms with E-state index >= 15 is 0 Å². The largest absolute Gasteiger partial charge is 0.354 e. The van der Waals surface area contributed by atoms with E-state index in [1.165, 1.54) is 6.07 Å². The van der Waals surface area contributed by atoms with E-state index in [1.807, 2.05) is 0 Å². The number of halogens is 2. The summed E-state index contributed by atoms with van der Waals surface area (Å²) in [6.07, 6.45) is 0. The summed E-state index contributed by atoms with van der Waals surface area (Å²) < 4.78 is 38.7. The van der Waals surface area contributed by atoms with Crippen LogP contribution in [0.25, 0.3) is 0 Å². The maximum atomic E-state index is 12.9. The Morgan fingerprint density at radius 1 is 1.39 bits per heavy atom. The van der Waals surface area contributed by atoms with Crippen LogP contribution in [0, 0.1) is 5.82 Å². The van der Waals surface area contributed by atoms with Crippen LogP contribution in [0.4, 0.5) is 4.39 Å². The minimum atomic E-state index is -3.78. The Morgan fingerprint density at radius 2 is 2.11 bits per heavy atom. The number of benzene rings is 1. The molecule has 18 heavy (non-hydrogen) atoms. The first kappa shape index (κ1) is 13.4. The summed E-state index contributed by atoms with van der Waals surface area (Å²) in [5.74, 6) is -0.875. The van der Waals surface area contributed by atoms with Gasteiger partial charge in [-0.25, -0.2) is 12.8 Å². The molecular weight excluding hydrogens is 327 g/mol. The standard InChI is InChI=1S/C10H10BrFN2O3S/c11-8-5-7(12)1-2-9(8)18(16,17)14-4-3-13-10(15)6-14/h1-2,5H,3-4,6H2,(H,13,15). The molecule has 0 aliphatic carbocycles. The quantitative estimate of drug-likeness (QED) is 0.864. The summed E-state index contributed by atoms with van der Waals surface area (Å²) in [5.41, 5.74) is 0. The molecular formula is C10H10BrFN2O3S. The molecule has 0 radical (unpaired) electrons. The van der Waals surface area contributed by atoms with Crippen molar-refractivity contribution < 1.29 is 17.6 Å². The molecule has 1 fully saturated rings. The van der Waals surface area contributed by atoms with Gasteiger partial charge < -0.3 is 5.32 Å². The lowest BCUT2D eigenvalue weighted by Gasteiger charge is -2.26. The van der Waals surface area contributed by atoms with E-state index in [0.717, 1.165) is 16.4 Å². The van der Waals surface area contributed by atoms with Crippen LogP contribution in [-0.4, -0.2) is 38.3 Å². The Morgan fingerprint density at radius 3 is 2.72 bits per heavy atom. The van der Waals surface area contributed by atoms with Gasteiger partial charge in [-0.2, -0.15) is 4.31 Å². The Labute approximate surface area is 112 Å². The molecule has 1 saturated heterocycles. The minimum Gasteiger partial charge on any atom is -0.354 e. The van der Waals surface area contributed by atoms with E-state index in [2.05, 4.69) is 21.2 Å². The molecule has 0 aromatic heterocycles. The van der Waals surface area contributed by atoms with Gasteiger partial charge >= 0.3 is 0 Å². The molecule has 0 atom stereocenters. The van der Waals surface area contributed by atoms with Crippen molar-refractivity contribution in [1.29, 1.82) is 0 Å². The molecule has 5 nitrogen and oxygen atoms in total. The molecule has 1 aromatic rings. The van der Waals surface area contributed by atoms with Gasteiger partial charge in [-0.15, -0.1) is 0 Å².